The van der Waals surface area contributed by atoms with Crippen molar-refractivity contribution in [1.82, 2.24) is 14.7 Å². The van der Waals surface area contributed by atoms with Crippen LogP contribution in [-0.2, 0) is 6.54 Å². The molecular formula is C16H15N3O3. The van der Waals surface area contributed by atoms with Crippen molar-refractivity contribution in [1.29, 1.82) is 0 Å². The molecule has 3 rings (SSSR count). The Kier molecular flexibility index (Phi) is 3.50. The molecule has 0 saturated carbocycles. The van der Waals surface area contributed by atoms with Crippen LogP contribution >= 0.6 is 0 Å². The Bertz CT molecular complexity index is 908. The number of aryl methyl sites for hydroxylation is 2. The Morgan fingerprint density at radius 1 is 1.32 bits per heavy atom. The minimum absolute atomic E-state index is 0.00591. The normalized spacial score (nSPS) is 10.8. The van der Waals surface area contributed by atoms with Crippen LogP contribution in [0.15, 0.2) is 45.9 Å². The highest BCUT2D eigenvalue weighted by atomic mass is 16.3. The van der Waals surface area contributed by atoms with Crippen molar-refractivity contribution in [2.45, 2.75) is 20.4 Å². The lowest BCUT2D eigenvalue weighted by Crippen LogP contribution is -2.31. The van der Waals surface area contributed by atoms with Gasteiger partial charge < -0.3 is 9.73 Å². The fourth-order valence-electron chi connectivity index (χ4n) is 2.25. The van der Waals surface area contributed by atoms with Crippen molar-refractivity contribution >= 4 is 11.6 Å². The summed E-state index contributed by atoms with van der Waals surface area (Å²) in [6.07, 6.45) is 2.91. The number of hydrogen-bond acceptors (Lipinski definition) is 4. The third kappa shape index (κ3) is 2.50. The number of carbonyl (C=O) groups is 1. The van der Waals surface area contributed by atoms with Gasteiger partial charge in [-0.1, -0.05) is 6.07 Å². The van der Waals surface area contributed by atoms with Crippen molar-refractivity contribution in [3.05, 3.63) is 69.7 Å². The van der Waals surface area contributed by atoms with E-state index in [0.717, 1.165) is 11.3 Å². The quantitative estimate of drug-likeness (QED) is 0.800. The van der Waals surface area contributed by atoms with Gasteiger partial charge in [-0.2, -0.15) is 0 Å². The Balaban J connectivity index is 1.88. The summed E-state index contributed by atoms with van der Waals surface area (Å²) in [6, 6.07) is 7.21. The van der Waals surface area contributed by atoms with Gasteiger partial charge in [-0.3, -0.25) is 14.0 Å². The molecule has 0 bridgehead atoms. The number of carbonyl (C=O) groups excluding carboxylic acids is 1. The molecule has 1 amide bonds. The molecule has 0 spiro atoms. The number of aromatic nitrogens is 2. The first-order valence-electron chi connectivity index (χ1n) is 6.87. The number of rotatable bonds is 3. The topological polar surface area (TPSA) is 76.6 Å². The van der Waals surface area contributed by atoms with Gasteiger partial charge >= 0.3 is 0 Å². The summed E-state index contributed by atoms with van der Waals surface area (Å²) in [5.74, 6) is 0.935. The number of pyridine rings is 1. The highest BCUT2D eigenvalue weighted by Crippen LogP contribution is 2.07. The predicted octanol–water partition coefficient (Wildman–Crippen LogP) is 1.83. The minimum atomic E-state index is -0.470. The van der Waals surface area contributed by atoms with Crippen LogP contribution in [0.5, 0.6) is 0 Å². The van der Waals surface area contributed by atoms with Crippen LogP contribution in [0, 0.1) is 13.8 Å². The zero-order valence-electron chi connectivity index (χ0n) is 12.3. The molecule has 0 fully saturated rings. The predicted molar refractivity (Wildman–Crippen MR) is 80.8 cm³/mol. The molecule has 0 radical (unpaired) electrons. The van der Waals surface area contributed by atoms with Crippen LogP contribution in [0.25, 0.3) is 5.65 Å². The van der Waals surface area contributed by atoms with Crippen LogP contribution in [-0.4, -0.2) is 15.3 Å². The second kappa shape index (κ2) is 5.48. The Hall–Kier alpha value is -2.89. The molecule has 6 heteroatoms. The second-order valence-electron chi connectivity index (χ2n) is 5.06. The summed E-state index contributed by atoms with van der Waals surface area (Å²) in [6.45, 7) is 3.91. The van der Waals surface area contributed by atoms with Crippen LogP contribution < -0.4 is 10.9 Å². The van der Waals surface area contributed by atoms with Crippen molar-refractivity contribution in [3.8, 4) is 0 Å². The standard InChI is InChI=1S/C16H15N3O3/c1-10-4-3-7-19-14(10)17-9-13(16(19)21)15(20)18-8-12-6-5-11(2)22-12/h3-7,9H,8H2,1-2H3,(H,18,20). The van der Waals surface area contributed by atoms with Gasteiger partial charge in [-0.05, 0) is 37.6 Å². The van der Waals surface area contributed by atoms with Crippen LogP contribution in [0.4, 0.5) is 0 Å². The smallest absolute Gasteiger partial charge is 0.270 e. The van der Waals surface area contributed by atoms with Gasteiger partial charge in [-0.15, -0.1) is 0 Å². The van der Waals surface area contributed by atoms with Gasteiger partial charge in [0.25, 0.3) is 11.5 Å². The molecule has 3 heterocycles. The fourth-order valence-corrected chi connectivity index (χ4v) is 2.25. The van der Waals surface area contributed by atoms with E-state index in [1.807, 2.05) is 26.0 Å². The zero-order valence-corrected chi connectivity index (χ0v) is 12.3. The molecule has 3 aromatic heterocycles. The Morgan fingerprint density at radius 2 is 2.14 bits per heavy atom. The first-order valence-corrected chi connectivity index (χ1v) is 6.87. The zero-order chi connectivity index (χ0) is 15.7. The molecular weight excluding hydrogens is 282 g/mol. The van der Waals surface area contributed by atoms with E-state index in [4.69, 9.17) is 4.42 Å². The highest BCUT2D eigenvalue weighted by molar-refractivity contribution is 5.93. The summed E-state index contributed by atoms with van der Waals surface area (Å²) >= 11 is 0. The molecule has 3 aromatic rings. The van der Waals surface area contributed by atoms with Gasteiger partial charge in [-0.25, -0.2) is 4.98 Å². The number of hydrogen-bond donors (Lipinski definition) is 1. The number of furan rings is 1. The fraction of sp³-hybridized carbons (Fsp3) is 0.188. The van der Waals surface area contributed by atoms with Crippen LogP contribution in [0.3, 0.4) is 0 Å². The molecule has 0 aliphatic carbocycles. The second-order valence-corrected chi connectivity index (χ2v) is 5.06. The lowest BCUT2D eigenvalue weighted by Gasteiger charge is -2.06. The first kappa shape index (κ1) is 14.1. The molecule has 0 saturated heterocycles. The molecule has 0 unspecified atom stereocenters. The molecule has 0 aliphatic heterocycles. The lowest BCUT2D eigenvalue weighted by molar-refractivity contribution is 0.0946. The van der Waals surface area contributed by atoms with E-state index in [-0.39, 0.29) is 17.7 Å². The average molecular weight is 297 g/mol. The molecule has 22 heavy (non-hydrogen) atoms. The highest BCUT2D eigenvalue weighted by Gasteiger charge is 2.14. The van der Waals surface area contributed by atoms with E-state index in [1.165, 1.54) is 10.6 Å². The molecule has 112 valence electrons. The van der Waals surface area contributed by atoms with Crippen molar-refractivity contribution in [2.24, 2.45) is 0 Å². The number of fused-ring (bicyclic) bond motifs is 1. The van der Waals surface area contributed by atoms with E-state index in [2.05, 4.69) is 10.3 Å². The molecule has 0 aromatic carbocycles. The third-order valence-electron chi connectivity index (χ3n) is 3.39. The first-order chi connectivity index (χ1) is 10.6. The maximum absolute atomic E-state index is 12.4. The lowest BCUT2D eigenvalue weighted by atomic mass is 10.2. The van der Waals surface area contributed by atoms with E-state index >= 15 is 0 Å². The Labute approximate surface area is 126 Å². The summed E-state index contributed by atoms with van der Waals surface area (Å²) in [4.78, 5) is 28.7. The van der Waals surface area contributed by atoms with Gasteiger partial charge in [0, 0.05) is 12.4 Å². The average Bonchev–Trinajstić information content (AvgIpc) is 2.92. The minimum Gasteiger partial charge on any atom is -0.465 e. The van der Waals surface area contributed by atoms with Crippen molar-refractivity contribution < 1.29 is 9.21 Å². The molecule has 6 nitrogen and oxygen atoms in total. The largest absolute Gasteiger partial charge is 0.465 e. The molecule has 0 aliphatic rings. The maximum Gasteiger partial charge on any atom is 0.270 e. The summed E-state index contributed by atoms with van der Waals surface area (Å²) in [5, 5.41) is 2.66. The van der Waals surface area contributed by atoms with Gasteiger partial charge in [0.1, 0.15) is 22.7 Å². The van der Waals surface area contributed by atoms with E-state index < -0.39 is 5.91 Å². The number of amides is 1. The Morgan fingerprint density at radius 3 is 2.86 bits per heavy atom. The summed E-state index contributed by atoms with van der Waals surface area (Å²) < 4.78 is 6.75. The maximum atomic E-state index is 12.4. The summed E-state index contributed by atoms with van der Waals surface area (Å²) in [5.41, 5.74) is 1.04. The van der Waals surface area contributed by atoms with E-state index in [9.17, 15) is 9.59 Å². The van der Waals surface area contributed by atoms with Crippen molar-refractivity contribution in [2.75, 3.05) is 0 Å². The van der Waals surface area contributed by atoms with Gasteiger partial charge in [0.05, 0.1) is 6.54 Å². The number of nitrogens with one attached hydrogen (secondary N) is 1. The monoisotopic (exact) mass is 297 g/mol. The van der Waals surface area contributed by atoms with Gasteiger partial charge in [0.2, 0.25) is 0 Å². The van der Waals surface area contributed by atoms with Crippen molar-refractivity contribution in [3.63, 3.8) is 0 Å². The van der Waals surface area contributed by atoms with E-state index in [1.54, 1.807) is 18.3 Å². The third-order valence-corrected chi connectivity index (χ3v) is 3.39. The molecule has 0 atom stereocenters. The molecule has 1 N–H and O–H groups in total. The number of nitrogens with zero attached hydrogens (tertiary/aromatic N) is 2. The SMILES string of the molecule is Cc1ccc(CNC(=O)c2cnc3c(C)cccn3c2=O)o1. The summed E-state index contributed by atoms with van der Waals surface area (Å²) in [7, 11) is 0. The van der Waals surface area contributed by atoms with Crippen LogP contribution in [0.1, 0.15) is 27.4 Å². The van der Waals surface area contributed by atoms with Gasteiger partial charge in [0.15, 0.2) is 0 Å². The van der Waals surface area contributed by atoms with Crippen LogP contribution in [0.2, 0.25) is 0 Å². The van der Waals surface area contributed by atoms with E-state index in [0.29, 0.717) is 11.4 Å².